The van der Waals surface area contributed by atoms with E-state index in [1.165, 1.54) is 6.92 Å². The molecule has 0 spiro atoms. The fourth-order valence-corrected chi connectivity index (χ4v) is 3.99. The second-order valence-electron chi connectivity index (χ2n) is 7.26. The van der Waals surface area contributed by atoms with E-state index in [1.54, 1.807) is 53.4 Å². The maximum absolute atomic E-state index is 13.4. The predicted molar refractivity (Wildman–Crippen MR) is 114 cm³/mol. The number of fused-ring (bicyclic) bond motifs is 2. The zero-order valence-electron chi connectivity index (χ0n) is 16.2. The highest BCUT2D eigenvalue weighted by Crippen LogP contribution is 2.41. The molecule has 1 aliphatic rings. The molecule has 0 aliphatic carbocycles. The van der Waals surface area contributed by atoms with Crippen LogP contribution in [0.3, 0.4) is 0 Å². The summed E-state index contributed by atoms with van der Waals surface area (Å²) in [6.45, 7) is 1.49. The molecule has 1 aliphatic heterocycles. The zero-order chi connectivity index (χ0) is 20.8. The summed E-state index contributed by atoms with van der Waals surface area (Å²) < 4.78 is 5.92. The fraction of sp³-hybridized carbons (Fsp3) is 0.0800. The average Bonchev–Trinajstić information content (AvgIpc) is 3.07. The van der Waals surface area contributed by atoms with E-state index < -0.39 is 6.04 Å². The Morgan fingerprint density at radius 1 is 0.867 bits per heavy atom. The van der Waals surface area contributed by atoms with Gasteiger partial charge in [-0.05, 0) is 48.9 Å². The van der Waals surface area contributed by atoms with Gasteiger partial charge in [0.05, 0.1) is 17.0 Å². The second kappa shape index (κ2) is 6.81. The van der Waals surface area contributed by atoms with Crippen LogP contribution in [-0.4, -0.2) is 11.7 Å². The molecular formula is C25H17NO4. The number of anilines is 1. The van der Waals surface area contributed by atoms with E-state index in [-0.39, 0.29) is 22.9 Å². The van der Waals surface area contributed by atoms with Gasteiger partial charge >= 0.3 is 0 Å². The molecule has 4 aromatic rings. The van der Waals surface area contributed by atoms with E-state index in [9.17, 15) is 14.4 Å². The van der Waals surface area contributed by atoms with Crippen molar-refractivity contribution in [2.45, 2.75) is 13.0 Å². The van der Waals surface area contributed by atoms with Gasteiger partial charge in [-0.2, -0.15) is 0 Å². The molecular weight excluding hydrogens is 378 g/mol. The van der Waals surface area contributed by atoms with Gasteiger partial charge in [0, 0.05) is 11.3 Å². The molecule has 5 heteroatoms. The van der Waals surface area contributed by atoms with Gasteiger partial charge in [0.1, 0.15) is 5.58 Å². The highest BCUT2D eigenvalue weighted by molar-refractivity contribution is 6.10. The minimum Gasteiger partial charge on any atom is -0.450 e. The van der Waals surface area contributed by atoms with Crippen LogP contribution in [0.2, 0.25) is 0 Å². The van der Waals surface area contributed by atoms with Crippen LogP contribution in [0.4, 0.5) is 5.69 Å². The lowest BCUT2D eigenvalue weighted by atomic mass is 9.98. The van der Waals surface area contributed by atoms with Gasteiger partial charge in [0.15, 0.2) is 11.2 Å². The first-order chi connectivity index (χ1) is 14.6. The number of para-hydroxylation sites is 1. The Labute approximate surface area is 172 Å². The quantitative estimate of drug-likeness (QED) is 0.470. The third-order valence-electron chi connectivity index (χ3n) is 5.44. The Morgan fingerprint density at radius 2 is 1.53 bits per heavy atom. The highest BCUT2D eigenvalue weighted by atomic mass is 16.3. The van der Waals surface area contributed by atoms with E-state index in [4.69, 9.17) is 4.42 Å². The van der Waals surface area contributed by atoms with Crippen LogP contribution in [0, 0.1) is 0 Å². The molecule has 1 unspecified atom stereocenters. The van der Waals surface area contributed by atoms with Crippen molar-refractivity contribution in [3.63, 3.8) is 0 Å². The SMILES string of the molecule is CC(=O)c1ccc(N2C(=O)c3oc4ccccc4c(=O)c3C2c2ccccc2)cc1. The Hall–Kier alpha value is -3.99. The molecule has 0 radical (unpaired) electrons. The number of rotatable bonds is 3. The Morgan fingerprint density at radius 3 is 2.23 bits per heavy atom. The van der Waals surface area contributed by atoms with Gasteiger partial charge in [-0.15, -0.1) is 0 Å². The van der Waals surface area contributed by atoms with E-state index >= 15 is 0 Å². The molecule has 0 bridgehead atoms. The van der Waals surface area contributed by atoms with Gasteiger partial charge < -0.3 is 4.42 Å². The van der Waals surface area contributed by atoms with Crippen LogP contribution in [0.5, 0.6) is 0 Å². The van der Waals surface area contributed by atoms with Crippen molar-refractivity contribution in [2.24, 2.45) is 0 Å². The number of carbonyl (C=O) groups excluding carboxylic acids is 2. The number of hydrogen-bond donors (Lipinski definition) is 0. The molecule has 0 N–H and O–H groups in total. The second-order valence-corrected chi connectivity index (χ2v) is 7.26. The van der Waals surface area contributed by atoms with Crippen LogP contribution >= 0.6 is 0 Å². The largest absolute Gasteiger partial charge is 0.450 e. The van der Waals surface area contributed by atoms with E-state index in [1.807, 2.05) is 30.3 Å². The summed E-state index contributed by atoms with van der Waals surface area (Å²) in [5, 5.41) is 0.443. The maximum Gasteiger partial charge on any atom is 0.295 e. The summed E-state index contributed by atoms with van der Waals surface area (Å²) in [5.74, 6) is -0.374. The van der Waals surface area contributed by atoms with Crippen molar-refractivity contribution in [3.8, 4) is 0 Å². The van der Waals surface area contributed by atoms with Crippen LogP contribution in [0.15, 0.2) is 88.1 Å². The van der Waals surface area contributed by atoms with Crippen molar-refractivity contribution in [3.05, 3.63) is 112 Å². The standard InChI is InChI=1S/C25H17NO4/c1-15(27)16-11-13-18(14-12-16)26-22(17-7-3-2-4-8-17)21-23(28)19-9-5-6-10-20(19)30-24(21)25(26)29/h2-14,22H,1H3. The topological polar surface area (TPSA) is 67.6 Å². The summed E-state index contributed by atoms with van der Waals surface area (Å²) in [4.78, 5) is 40.0. The van der Waals surface area contributed by atoms with E-state index in [2.05, 4.69) is 0 Å². The van der Waals surface area contributed by atoms with Gasteiger partial charge in [-0.25, -0.2) is 0 Å². The molecule has 1 atom stereocenters. The number of hydrogen-bond acceptors (Lipinski definition) is 4. The lowest BCUT2D eigenvalue weighted by Gasteiger charge is -2.25. The molecule has 1 aromatic heterocycles. The third-order valence-corrected chi connectivity index (χ3v) is 5.44. The van der Waals surface area contributed by atoms with Gasteiger partial charge in [0.2, 0.25) is 5.76 Å². The summed E-state index contributed by atoms with van der Waals surface area (Å²) in [6, 6.07) is 22.5. The summed E-state index contributed by atoms with van der Waals surface area (Å²) in [6.07, 6.45) is 0. The Balaban J connectivity index is 1.77. The van der Waals surface area contributed by atoms with Crippen molar-refractivity contribution >= 4 is 28.3 Å². The van der Waals surface area contributed by atoms with Gasteiger partial charge in [0.25, 0.3) is 5.91 Å². The third kappa shape index (κ3) is 2.67. The highest BCUT2D eigenvalue weighted by Gasteiger charge is 2.43. The smallest absolute Gasteiger partial charge is 0.295 e. The molecule has 2 heterocycles. The molecule has 5 nitrogen and oxygen atoms in total. The van der Waals surface area contributed by atoms with Crippen LogP contribution in [0.25, 0.3) is 11.0 Å². The minimum atomic E-state index is -0.613. The van der Waals surface area contributed by atoms with Crippen molar-refractivity contribution in [1.82, 2.24) is 0 Å². The molecule has 146 valence electrons. The van der Waals surface area contributed by atoms with E-state index in [0.717, 1.165) is 5.56 Å². The summed E-state index contributed by atoms with van der Waals surface area (Å²) in [5.41, 5.74) is 2.46. The number of Topliss-reactive ketones (excluding diaryl/α,β-unsaturated/α-hetero) is 1. The first kappa shape index (κ1) is 18.1. The lowest BCUT2D eigenvalue weighted by molar-refractivity contribution is 0.0970. The van der Waals surface area contributed by atoms with Crippen molar-refractivity contribution in [1.29, 1.82) is 0 Å². The number of carbonyl (C=O) groups is 2. The minimum absolute atomic E-state index is 0.0553. The van der Waals surface area contributed by atoms with Gasteiger partial charge in [-0.1, -0.05) is 42.5 Å². The zero-order valence-corrected chi connectivity index (χ0v) is 16.2. The lowest BCUT2D eigenvalue weighted by Crippen LogP contribution is -2.29. The molecule has 0 saturated carbocycles. The Bertz CT molecular complexity index is 1350. The molecule has 1 amide bonds. The maximum atomic E-state index is 13.4. The molecule has 0 saturated heterocycles. The Kier molecular flexibility index (Phi) is 4.10. The summed E-state index contributed by atoms with van der Waals surface area (Å²) >= 11 is 0. The molecule has 30 heavy (non-hydrogen) atoms. The first-order valence-electron chi connectivity index (χ1n) is 9.61. The molecule has 0 fully saturated rings. The predicted octanol–water partition coefficient (Wildman–Crippen LogP) is 4.75. The van der Waals surface area contributed by atoms with Crippen LogP contribution < -0.4 is 10.3 Å². The number of nitrogens with zero attached hydrogens (tertiary/aromatic N) is 1. The van der Waals surface area contributed by atoms with Crippen molar-refractivity contribution in [2.75, 3.05) is 4.90 Å². The van der Waals surface area contributed by atoms with Crippen LogP contribution in [-0.2, 0) is 0 Å². The fourth-order valence-electron chi connectivity index (χ4n) is 3.99. The normalized spacial score (nSPS) is 15.4. The first-order valence-corrected chi connectivity index (χ1v) is 9.61. The molecule has 5 rings (SSSR count). The van der Waals surface area contributed by atoms with Crippen LogP contribution in [0.1, 0.15) is 45.0 Å². The number of ketones is 1. The summed E-state index contributed by atoms with van der Waals surface area (Å²) in [7, 11) is 0. The van der Waals surface area contributed by atoms with E-state index in [0.29, 0.717) is 27.8 Å². The number of amides is 1. The average molecular weight is 395 g/mol. The van der Waals surface area contributed by atoms with Crippen molar-refractivity contribution < 1.29 is 14.0 Å². The molecule has 3 aromatic carbocycles. The van der Waals surface area contributed by atoms with Gasteiger partial charge in [-0.3, -0.25) is 19.3 Å². The monoisotopic (exact) mass is 395 g/mol. The number of benzene rings is 3.